The molecule has 0 spiro atoms. The van der Waals surface area contributed by atoms with Crippen LogP contribution in [0.3, 0.4) is 0 Å². The Balaban J connectivity index is 1.61. The molecule has 3 rings (SSSR count). The Morgan fingerprint density at radius 3 is 2.67 bits per heavy atom. The first-order valence-corrected chi connectivity index (χ1v) is 9.87. The number of nitrogens with one attached hydrogen (secondary N) is 1. The Bertz CT molecular complexity index is 802. The van der Waals surface area contributed by atoms with E-state index >= 15 is 0 Å². The van der Waals surface area contributed by atoms with Crippen LogP contribution in [0.15, 0.2) is 41.8 Å². The van der Waals surface area contributed by atoms with Crippen LogP contribution in [0.4, 0.5) is 5.69 Å². The van der Waals surface area contributed by atoms with Crippen LogP contribution in [-0.4, -0.2) is 42.4 Å². The summed E-state index contributed by atoms with van der Waals surface area (Å²) < 4.78 is 5.08. The Hall–Kier alpha value is -2.67. The summed E-state index contributed by atoms with van der Waals surface area (Å²) in [6, 6.07) is 10.4. The van der Waals surface area contributed by atoms with Gasteiger partial charge in [0.2, 0.25) is 0 Å². The van der Waals surface area contributed by atoms with Crippen molar-refractivity contribution >= 4 is 34.8 Å². The van der Waals surface area contributed by atoms with Gasteiger partial charge >= 0.3 is 5.97 Å². The predicted molar refractivity (Wildman–Crippen MR) is 104 cm³/mol. The van der Waals surface area contributed by atoms with E-state index in [4.69, 9.17) is 4.74 Å². The summed E-state index contributed by atoms with van der Waals surface area (Å²) in [5.41, 5.74) is 1.17. The highest BCUT2D eigenvalue weighted by atomic mass is 32.1. The quantitative estimate of drug-likeness (QED) is 0.799. The molecule has 1 aliphatic heterocycles. The third-order valence-electron chi connectivity index (χ3n) is 4.46. The van der Waals surface area contributed by atoms with Gasteiger partial charge in [0.05, 0.1) is 17.4 Å². The van der Waals surface area contributed by atoms with E-state index in [0.29, 0.717) is 35.8 Å². The van der Waals surface area contributed by atoms with Crippen molar-refractivity contribution in [1.29, 1.82) is 0 Å². The number of benzene rings is 1. The number of amides is 2. The van der Waals surface area contributed by atoms with Crippen LogP contribution >= 0.6 is 11.3 Å². The normalized spacial score (nSPS) is 16.6. The van der Waals surface area contributed by atoms with Crippen molar-refractivity contribution in [3.63, 3.8) is 0 Å². The van der Waals surface area contributed by atoms with E-state index in [2.05, 4.69) is 5.32 Å². The van der Waals surface area contributed by atoms with Crippen LogP contribution in [-0.2, 0) is 9.53 Å². The molecule has 142 valence electrons. The highest BCUT2D eigenvalue weighted by molar-refractivity contribution is 7.12. The van der Waals surface area contributed by atoms with E-state index in [0.717, 1.165) is 12.8 Å². The minimum absolute atomic E-state index is 0.111. The summed E-state index contributed by atoms with van der Waals surface area (Å²) in [6.07, 6.45) is 1.53. The van der Waals surface area contributed by atoms with Gasteiger partial charge in [-0.25, -0.2) is 0 Å². The number of hydrogen-bond donors (Lipinski definition) is 1. The number of esters is 1. The van der Waals surface area contributed by atoms with Gasteiger partial charge in [-0.1, -0.05) is 6.07 Å². The standard InChI is InChI=1S/C20H22N2O4S/c1-2-26-20(25)15-5-3-11-22(13-15)19(24)14-7-9-16(10-8-14)21-18(23)17-6-4-12-27-17/h4,6-10,12,15H,2-3,5,11,13H2,1H3,(H,21,23)/t15-/m0/s1. The van der Waals surface area contributed by atoms with Gasteiger partial charge in [0.25, 0.3) is 11.8 Å². The minimum atomic E-state index is -0.257. The van der Waals surface area contributed by atoms with E-state index in [-0.39, 0.29) is 23.7 Å². The van der Waals surface area contributed by atoms with Crippen molar-refractivity contribution in [2.24, 2.45) is 5.92 Å². The second-order valence-corrected chi connectivity index (χ2v) is 7.30. The molecule has 2 aromatic rings. The zero-order valence-electron chi connectivity index (χ0n) is 15.1. The minimum Gasteiger partial charge on any atom is -0.466 e. The van der Waals surface area contributed by atoms with Gasteiger partial charge in [-0.2, -0.15) is 0 Å². The molecule has 0 bridgehead atoms. The van der Waals surface area contributed by atoms with Crippen LogP contribution < -0.4 is 5.32 Å². The molecule has 1 saturated heterocycles. The number of carbonyl (C=O) groups is 3. The smallest absolute Gasteiger partial charge is 0.310 e. The van der Waals surface area contributed by atoms with Gasteiger partial charge in [-0.3, -0.25) is 14.4 Å². The number of thiophene rings is 1. The fraction of sp³-hybridized carbons (Fsp3) is 0.350. The van der Waals surface area contributed by atoms with E-state index in [1.807, 2.05) is 11.4 Å². The van der Waals surface area contributed by atoms with Gasteiger partial charge in [0.15, 0.2) is 0 Å². The Morgan fingerprint density at radius 1 is 1.22 bits per heavy atom. The number of nitrogens with zero attached hydrogens (tertiary/aromatic N) is 1. The zero-order chi connectivity index (χ0) is 19.2. The summed E-state index contributed by atoms with van der Waals surface area (Å²) in [5.74, 6) is -0.772. The molecule has 1 aromatic carbocycles. The molecule has 1 aromatic heterocycles. The maximum Gasteiger partial charge on any atom is 0.310 e. The number of carbonyl (C=O) groups excluding carboxylic acids is 3. The maximum absolute atomic E-state index is 12.7. The van der Waals surface area contributed by atoms with E-state index in [1.54, 1.807) is 42.2 Å². The second-order valence-electron chi connectivity index (χ2n) is 6.35. The fourth-order valence-electron chi connectivity index (χ4n) is 3.09. The van der Waals surface area contributed by atoms with Gasteiger partial charge in [-0.05, 0) is 55.5 Å². The number of ether oxygens (including phenoxy) is 1. The van der Waals surface area contributed by atoms with Gasteiger partial charge in [0, 0.05) is 24.3 Å². The Kier molecular flexibility index (Phi) is 6.24. The molecule has 1 fully saturated rings. The molecule has 0 unspecified atom stereocenters. The highest BCUT2D eigenvalue weighted by Gasteiger charge is 2.29. The molecule has 2 amide bonds. The van der Waals surface area contributed by atoms with Crippen LogP contribution in [0.1, 0.15) is 39.8 Å². The van der Waals surface area contributed by atoms with Crippen molar-refractivity contribution in [2.45, 2.75) is 19.8 Å². The number of rotatable bonds is 5. The topological polar surface area (TPSA) is 75.7 Å². The first-order chi connectivity index (χ1) is 13.1. The second kappa shape index (κ2) is 8.81. The average molecular weight is 386 g/mol. The lowest BCUT2D eigenvalue weighted by Gasteiger charge is -2.31. The third kappa shape index (κ3) is 4.74. The first-order valence-electron chi connectivity index (χ1n) is 8.99. The summed E-state index contributed by atoms with van der Waals surface area (Å²) in [7, 11) is 0. The van der Waals surface area contributed by atoms with Crippen LogP contribution in [0.5, 0.6) is 0 Å². The van der Waals surface area contributed by atoms with Crippen LogP contribution in [0, 0.1) is 5.92 Å². The lowest BCUT2D eigenvalue weighted by atomic mass is 9.97. The molecule has 27 heavy (non-hydrogen) atoms. The molecule has 7 heteroatoms. The molecule has 0 saturated carbocycles. The average Bonchev–Trinajstić information content (AvgIpc) is 3.23. The fourth-order valence-corrected chi connectivity index (χ4v) is 3.71. The van der Waals surface area contributed by atoms with Crippen molar-refractivity contribution < 1.29 is 19.1 Å². The van der Waals surface area contributed by atoms with Crippen LogP contribution in [0.2, 0.25) is 0 Å². The molecule has 1 N–H and O–H groups in total. The molecule has 1 aliphatic rings. The lowest BCUT2D eigenvalue weighted by Crippen LogP contribution is -2.42. The third-order valence-corrected chi connectivity index (χ3v) is 5.33. The first kappa shape index (κ1) is 19.1. The van der Waals surface area contributed by atoms with Gasteiger partial charge < -0.3 is 15.0 Å². The molecule has 2 heterocycles. The monoisotopic (exact) mass is 386 g/mol. The zero-order valence-corrected chi connectivity index (χ0v) is 16.0. The van der Waals surface area contributed by atoms with Crippen molar-refractivity contribution in [1.82, 2.24) is 4.90 Å². The largest absolute Gasteiger partial charge is 0.466 e. The summed E-state index contributed by atoms with van der Waals surface area (Å²) in [4.78, 5) is 39.1. The number of hydrogen-bond acceptors (Lipinski definition) is 5. The predicted octanol–water partition coefficient (Wildman–Crippen LogP) is 3.42. The van der Waals surface area contributed by atoms with E-state index in [1.165, 1.54) is 11.3 Å². The summed E-state index contributed by atoms with van der Waals surface area (Å²) in [6.45, 7) is 3.14. The summed E-state index contributed by atoms with van der Waals surface area (Å²) >= 11 is 1.37. The van der Waals surface area contributed by atoms with E-state index in [9.17, 15) is 14.4 Å². The number of anilines is 1. The van der Waals surface area contributed by atoms with Gasteiger partial charge in [0.1, 0.15) is 0 Å². The van der Waals surface area contributed by atoms with Crippen molar-refractivity contribution in [2.75, 3.05) is 25.0 Å². The summed E-state index contributed by atoms with van der Waals surface area (Å²) in [5, 5.41) is 4.66. The maximum atomic E-state index is 12.7. The van der Waals surface area contributed by atoms with Gasteiger partial charge in [-0.15, -0.1) is 11.3 Å². The van der Waals surface area contributed by atoms with Crippen molar-refractivity contribution in [3.05, 3.63) is 52.2 Å². The molecule has 0 radical (unpaired) electrons. The van der Waals surface area contributed by atoms with Crippen molar-refractivity contribution in [3.8, 4) is 0 Å². The molecule has 1 atom stereocenters. The Morgan fingerprint density at radius 2 is 2.00 bits per heavy atom. The molecule has 0 aliphatic carbocycles. The molecular weight excluding hydrogens is 364 g/mol. The van der Waals surface area contributed by atoms with Crippen LogP contribution in [0.25, 0.3) is 0 Å². The SMILES string of the molecule is CCOC(=O)[C@H]1CCCN(C(=O)c2ccc(NC(=O)c3cccs3)cc2)C1. The van der Waals surface area contributed by atoms with E-state index < -0.39 is 0 Å². The Labute approximate surface area is 162 Å². The number of piperidine rings is 1. The number of likely N-dealkylation sites (tertiary alicyclic amines) is 1. The lowest BCUT2D eigenvalue weighted by molar-refractivity contribution is -0.149. The molecule has 6 nitrogen and oxygen atoms in total. The molecular formula is C20H22N2O4S. The highest BCUT2D eigenvalue weighted by Crippen LogP contribution is 2.21.